The summed E-state index contributed by atoms with van der Waals surface area (Å²) in [6, 6.07) is 1.19. The van der Waals surface area contributed by atoms with Crippen molar-refractivity contribution in [2.75, 3.05) is 20.6 Å². The molecule has 2 heteroatoms. The molecule has 0 saturated carbocycles. The van der Waals surface area contributed by atoms with Crippen LogP contribution in [0.2, 0.25) is 0 Å². The minimum atomic E-state index is 0.581. The highest BCUT2D eigenvalue weighted by molar-refractivity contribution is 4.74. The Hall–Kier alpha value is -0.0800. The van der Waals surface area contributed by atoms with E-state index >= 15 is 0 Å². The lowest BCUT2D eigenvalue weighted by Gasteiger charge is -2.27. The van der Waals surface area contributed by atoms with Crippen LogP contribution < -0.4 is 5.32 Å². The molecule has 0 aromatic heterocycles. The topological polar surface area (TPSA) is 15.3 Å². The molecule has 1 atom stereocenters. The molecule has 1 N–H and O–H groups in total. The van der Waals surface area contributed by atoms with E-state index < -0.39 is 0 Å². The zero-order valence-electron chi connectivity index (χ0n) is 9.39. The molecule has 0 bridgehead atoms. The normalized spacial score (nSPS) is 14.8. The molecule has 0 aromatic rings. The van der Waals surface area contributed by atoms with Crippen molar-refractivity contribution in [2.24, 2.45) is 5.92 Å². The highest BCUT2D eigenvalue weighted by atomic mass is 15.1. The van der Waals surface area contributed by atoms with E-state index in [0.29, 0.717) is 18.0 Å². The van der Waals surface area contributed by atoms with E-state index in [2.05, 4.69) is 52.0 Å². The third-order valence-electron chi connectivity index (χ3n) is 1.91. The summed E-state index contributed by atoms with van der Waals surface area (Å²) in [7, 11) is 4.24. The lowest BCUT2D eigenvalue weighted by Crippen LogP contribution is -2.45. The Kier molecular flexibility index (Phi) is 5.51. The fourth-order valence-electron chi connectivity index (χ4n) is 1.28. The van der Waals surface area contributed by atoms with Gasteiger partial charge in [0.05, 0.1) is 0 Å². The standard InChI is InChI=1S/C10H24N2/c1-8(2)10(7-12(5)6)11-9(3)4/h8-11H,7H2,1-6H3/t10-/m0/s1. The number of likely N-dealkylation sites (N-methyl/N-ethyl adjacent to an activating group) is 1. The Morgan fingerprint density at radius 3 is 1.83 bits per heavy atom. The molecule has 0 aliphatic carbocycles. The van der Waals surface area contributed by atoms with Gasteiger partial charge in [-0.05, 0) is 20.0 Å². The van der Waals surface area contributed by atoms with Gasteiger partial charge in [-0.25, -0.2) is 0 Å². The van der Waals surface area contributed by atoms with E-state index in [9.17, 15) is 0 Å². The van der Waals surface area contributed by atoms with Gasteiger partial charge >= 0.3 is 0 Å². The van der Waals surface area contributed by atoms with Crippen molar-refractivity contribution < 1.29 is 0 Å². The lowest BCUT2D eigenvalue weighted by molar-refractivity contribution is 0.277. The van der Waals surface area contributed by atoms with E-state index in [4.69, 9.17) is 0 Å². The van der Waals surface area contributed by atoms with Crippen LogP contribution in [0.3, 0.4) is 0 Å². The maximum atomic E-state index is 3.57. The minimum Gasteiger partial charge on any atom is -0.310 e. The third kappa shape index (κ3) is 5.56. The summed E-state index contributed by atoms with van der Waals surface area (Å²) in [6.45, 7) is 10.1. The van der Waals surface area contributed by atoms with E-state index in [1.54, 1.807) is 0 Å². The summed E-state index contributed by atoms with van der Waals surface area (Å²) in [5.41, 5.74) is 0. The maximum absolute atomic E-state index is 3.57. The Morgan fingerprint density at radius 1 is 1.08 bits per heavy atom. The van der Waals surface area contributed by atoms with Gasteiger partial charge in [-0.2, -0.15) is 0 Å². The number of hydrogen-bond donors (Lipinski definition) is 1. The zero-order chi connectivity index (χ0) is 9.72. The smallest absolute Gasteiger partial charge is 0.0220 e. The molecule has 2 nitrogen and oxygen atoms in total. The fourth-order valence-corrected chi connectivity index (χ4v) is 1.28. The van der Waals surface area contributed by atoms with Crippen LogP contribution in [-0.2, 0) is 0 Å². The Labute approximate surface area is 77.3 Å². The molecule has 0 radical (unpaired) electrons. The molecule has 0 aliphatic rings. The fraction of sp³-hybridized carbons (Fsp3) is 1.00. The van der Waals surface area contributed by atoms with Crippen LogP contribution in [0.25, 0.3) is 0 Å². The van der Waals surface area contributed by atoms with Crippen LogP contribution in [-0.4, -0.2) is 37.6 Å². The predicted octanol–water partition coefficient (Wildman–Crippen LogP) is 1.57. The van der Waals surface area contributed by atoms with Gasteiger partial charge in [0.1, 0.15) is 0 Å². The average Bonchev–Trinajstić information content (AvgIpc) is 1.83. The van der Waals surface area contributed by atoms with E-state index in [1.165, 1.54) is 0 Å². The first-order valence-corrected chi connectivity index (χ1v) is 4.84. The molecule has 0 fully saturated rings. The average molecular weight is 172 g/mol. The Bertz CT molecular complexity index is 98.4. The molecule has 0 heterocycles. The number of rotatable bonds is 5. The monoisotopic (exact) mass is 172 g/mol. The first kappa shape index (κ1) is 11.9. The summed E-state index contributed by atoms with van der Waals surface area (Å²) >= 11 is 0. The summed E-state index contributed by atoms with van der Waals surface area (Å²) in [4.78, 5) is 2.24. The second-order valence-electron chi connectivity index (χ2n) is 4.43. The highest BCUT2D eigenvalue weighted by Crippen LogP contribution is 2.03. The van der Waals surface area contributed by atoms with Crippen LogP contribution in [0, 0.1) is 5.92 Å². The van der Waals surface area contributed by atoms with Gasteiger partial charge in [-0.15, -0.1) is 0 Å². The van der Waals surface area contributed by atoms with Crippen molar-refractivity contribution in [1.82, 2.24) is 10.2 Å². The van der Waals surface area contributed by atoms with Crippen molar-refractivity contribution in [1.29, 1.82) is 0 Å². The first-order valence-electron chi connectivity index (χ1n) is 4.84. The van der Waals surface area contributed by atoms with Gasteiger partial charge in [0.15, 0.2) is 0 Å². The van der Waals surface area contributed by atoms with Gasteiger partial charge in [0, 0.05) is 18.6 Å². The lowest BCUT2D eigenvalue weighted by atomic mass is 10.0. The number of hydrogen-bond acceptors (Lipinski definition) is 2. The molecular weight excluding hydrogens is 148 g/mol. The first-order chi connectivity index (χ1) is 5.43. The molecule has 0 unspecified atom stereocenters. The van der Waals surface area contributed by atoms with E-state index in [1.807, 2.05) is 0 Å². The van der Waals surface area contributed by atoms with Gasteiger partial charge in [0.2, 0.25) is 0 Å². The van der Waals surface area contributed by atoms with Crippen LogP contribution in [0.5, 0.6) is 0 Å². The van der Waals surface area contributed by atoms with E-state index in [-0.39, 0.29) is 0 Å². The maximum Gasteiger partial charge on any atom is 0.0220 e. The molecule has 0 saturated heterocycles. The number of nitrogens with one attached hydrogen (secondary N) is 1. The predicted molar refractivity (Wildman–Crippen MR) is 55.5 cm³/mol. The largest absolute Gasteiger partial charge is 0.310 e. The highest BCUT2D eigenvalue weighted by Gasteiger charge is 2.14. The van der Waals surface area contributed by atoms with Gasteiger partial charge in [0.25, 0.3) is 0 Å². The summed E-state index contributed by atoms with van der Waals surface area (Å²) < 4.78 is 0. The van der Waals surface area contributed by atoms with Crippen molar-refractivity contribution in [3.8, 4) is 0 Å². The second kappa shape index (κ2) is 5.55. The van der Waals surface area contributed by atoms with Crippen molar-refractivity contribution in [3.63, 3.8) is 0 Å². The Balaban J connectivity index is 3.87. The van der Waals surface area contributed by atoms with Crippen LogP contribution in [0.4, 0.5) is 0 Å². The van der Waals surface area contributed by atoms with E-state index in [0.717, 1.165) is 6.54 Å². The minimum absolute atomic E-state index is 0.581. The molecule has 12 heavy (non-hydrogen) atoms. The molecule has 74 valence electrons. The third-order valence-corrected chi connectivity index (χ3v) is 1.91. The van der Waals surface area contributed by atoms with Crippen molar-refractivity contribution in [2.45, 2.75) is 39.8 Å². The van der Waals surface area contributed by atoms with Crippen LogP contribution in [0.1, 0.15) is 27.7 Å². The molecule has 0 aromatic carbocycles. The summed E-state index contributed by atoms with van der Waals surface area (Å²) in [5, 5.41) is 3.57. The molecule has 0 spiro atoms. The summed E-state index contributed by atoms with van der Waals surface area (Å²) in [6.07, 6.45) is 0. The molecule has 0 rings (SSSR count). The van der Waals surface area contributed by atoms with Gasteiger partial charge in [-0.3, -0.25) is 0 Å². The zero-order valence-corrected chi connectivity index (χ0v) is 9.39. The van der Waals surface area contributed by atoms with Crippen LogP contribution in [0.15, 0.2) is 0 Å². The number of nitrogens with zero attached hydrogens (tertiary/aromatic N) is 1. The Morgan fingerprint density at radius 2 is 1.58 bits per heavy atom. The van der Waals surface area contributed by atoms with Crippen molar-refractivity contribution >= 4 is 0 Å². The quantitative estimate of drug-likeness (QED) is 0.677. The van der Waals surface area contributed by atoms with Crippen molar-refractivity contribution in [3.05, 3.63) is 0 Å². The molecular formula is C10H24N2. The van der Waals surface area contributed by atoms with Gasteiger partial charge in [-0.1, -0.05) is 27.7 Å². The summed E-state index contributed by atoms with van der Waals surface area (Å²) in [5.74, 6) is 0.704. The molecule has 0 amide bonds. The SMILES string of the molecule is CC(C)N[C@@H](CN(C)C)C(C)C. The van der Waals surface area contributed by atoms with Gasteiger partial charge < -0.3 is 10.2 Å². The second-order valence-corrected chi connectivity index (χ2v) is 4.43. The molecule has 0 aliphatic heterocycles. The van der Waals surface area contributed by atoms with Crippen LogP contribution >= 0.6 is 0 Å².